The van der Waals surface area contributed by atoms with E-state index in [2.05, 4.69) is 52.8 Å². The van der Waals surface area contributed by atoms with Gasteiger partial charge in [-0.05, 0) is 29.1 Å². The fourth-order valence-corrected chi connectivity index (χ4v) is 4.02. The lowest BCUT2D eigenvalue weighted by molar-refractivity contribution is 0.273. The highest BCUT2D eigenvalue weighted by Crippen LogP contribution is 2.31. The smallest absolute Gasteiger partial charge is 0.226 e. The van der Waals surface area contributed by atoms with Crippen LogP contribution >= 0.6 is 11.6 Å². The van der Waals surface area contributed by atoms with Gasteiger partial charge in [0.05, 0.1) is 12.6 Å². The fraction of sp³-hybridized carbons (Fsp3) is 0.320. The highest BCUT2D eigenvalue weighted by Gasteiger charge is 2.27. The minimum absolute atomic E-state index is 0.0447. The molecule has 4 rings (SSSR count). The number of aromatic nitrogens is 4. The number of hydrogen-bond acceptors (Lipinski definition) is 5. The molecule has 0 saturated heterocycles. The van der Waals surface area contributed by atoms with Crippen LogP contribution in [0.4, 0.5) is 5.82 Å². The zero-order chi connectivity index (χ0) is 22.7. The van der Waals surface area contributed by atoms with E-state index >= 15 is 0 Å². The lowest BCUT2D eigenvalue weighted by Crippen LogP contribution is -2.27. The molecule has 7 heteroatoms. The zero-order valence-electron chi connectivity index (χ0n) is 18.6. The van der Waals surface area contributed by atoms with Crippen molar-refractivity contribution >= 4 is 28.6 Å². The molecular weight excluding hydrogens is 422 g/mol. The van der Waals surface area contributed by atoms with Crippen LogP contribution in [0, 0.1) is 0 Å². The van der Waals surface area contributed by atoms with Crippen molar-refractivity contribution in [1.82, 2.24) is 19.5 Å². The number of anilines is 1. The van der Waals surface area contributed by atoms with E-state index in [4.69, 9.17) is 16.6 Å². The number of aliphatic hydroxyl groups excluding tert-OH is 1. The van der Waals surface area contributed by atoms with Crippen LogP contribution in [-0.4, -0.2) is 37.3 Å². The maximum atomic E-state index is 10.1. The van der Waals surface area contributed by atoms with Gasteiger partial charge in [-0.15, -0.1) is 0 Å². The number of nitrogens with zero attached hydrogens (tertiary/aromatic N) is 4. The van der Waals surface area contributed by atoms with Gasteiger partial charge in [0.1, 0.15) is 11.3 Å². The van der Waals surface area contributed by atoms with Gasteiger partial charge in [0, 0.05) is 12.0 Å². The van der Waals surface area contributed by atoms with E-state index in [1.165, 1.54) is 0 Å². The molecule has 0 unspecified atom stereocenters. The summed E-state index contributed by atoms with van der Waals surface area (Å²) in [6.45, 7) is 6.97. The van der Waals surface area contributed by atoms with Crippen molar-refractivity contribution in [3.63, 3.8) is 0 Å². The zero-order valence-corrected chi connectivity index (χ0v) is 19.3. The number of hydrogen-bond donors (Lipinski definition) is 2. The molecule has 0 aliphatic heterocycles. The summed E-state index contributed by atoms with van der Waals surface area (Å²) in [5.74, 6) is 1.48. The summed E-state index contributed by atoms with van der Waals surface area (Å²) < 4.78 is 2.15. The average Bonchev–Trinajstić information content (AvgIpc) is 3.13. The molecule has 1 atom stereocenters. The standard InChI is InChI=1S/C25H28ClN5O/c1-25(2,3)23-28-22-20(31(23)15-18-12-8-5-9-13-18)21(29-24(26)30-22)27-19(16-32)14-17-10-6-4-7-11-17/h4-13,19,32H,14-16H2,1-3H3,(H,27,29,30)/t19-/m1/s1. The van der Waals surface area contributed by atoms with E-state index in [1.54, 1.807) is 0 Å². The molecule has 0 aliphatic carbocycles. The lowest BCUT2D eigenvalue weighted by Gasteiger charge is -2.22. The summed E-state index contributed by atoms with van der Waals surface area (Å²) in [5, 5.41) is 13.6. The third-order valence-electron chi connectivity index (χ3n) is 5.32. The maximum Gasteiger partial charge on any atom is 0.226 e. The monoisotopic (exact) mass is 449 g/mol. The Morgan fingerprint density at radius 1 is 0.938 bits per heavy atom. The van der Waals surface area contributed by atoms with Gasteiger partial charge in [0.2, 0.25) is 5.28 Å². The first-order valence-corrected chi connectivity index (χ1v) is 11.1. The Morgan fingerprint density at radius 2 is 1.56 bits per heavy atom. The third kappa shape index (κ3) is 4.92. The van der Waals surface area contributed by atoms with Crippen molar-refractivity contribution < 1.29 is 5.11 Å². The molecule has 2 N–H and O–H groups in total. The molecule has 0 bridgehead atoms. The van der Waals surface area contributed by atoms with Crippen LogP contribution in [0.5, 0.6) is 0 Å². The predicted molar refractivity (Wildman–Crippen MR) is 129 cm³/mol. The molecule has 166 valence electrons. The lowest BCUT2D eigenvalue weighted by atomic mass is 9.95. The first kappa shape index (κ1) is 22.2. The number of nitrogens with one attached hydrogen (secondary N) is 1. The highest BCUT2D eigenvalue weighted by molar-refractivity contribution is 6.28. The molecule has 6 nitrogen and oxygen atoms in total. The van der Waals surface area contributed by atoms with Crippen molar-refractivity contribution in [2.24, 2.45) is 0 Å². The molecule has 4 aromatic rings. The number of halogens is 1. The Bertz CT molecular complexity index is 1190. The van der Waals surface area contributed by atoms with Gasteiger partial charge in [-0.2, -0.15) is 9.97 Å². The summed E-state index contributed by atoms with van der Waals surface area (Å²) in [6, 6.07) is 20.1. The predicted octanol–water partition coefficient (Wildman–Crippen LogP) is 4.84. The van der Waals surface area contributed by atoms with Gasteiger partial charge in [-0.25, -0.2) is 4.98 Å². The molecule has 2 heterocycles. The van der Waals surface area contributed by atoms with Crippen LogP contribution in [-0.2, 0) is 18.4 Å². The number of aliphatic hydroxyl groups is 1. The fourth-order valence-electron chi connectivity index (χ4n) is 3.86. The Hall–Kier alpha value is -2.96. The number of rotatable bonds is 7. The van der Waals surface area contributed by atoms with E-state index in [1.807, 2.05) is 48.5 Å². The second-order valence-electron chi connectivity index (χ2n) is 8.98. The van der Waals surface area contributed by atoms with Crippen molar-refractivity contribution in [3.05, 3.63) is 82.9 Å². The van der Waals surface area contributed by atoms with Crippen molar-refractivity contribution in [1.29, 1.82) is 0 Å². The van der Waals surface area contributed by atoms with Crippen LogP contribution < -0.4 is 5.32 Å². The third-order valence-corrected chi connectivity index (χ3v) is 5.49. The molecule has 2 aromatic heterocycles. The van der Waals surface area contributed by atoms with Crippen LogP contribution in [0.1, 0.15) is 37.7 Å². The number of fused-ring (bicyclic) bond motifs is 1. The maximum absolute atomic E-state index is 10.1. The van der Waals surface area contributed by atoms with Gasteiger partial charge in [0.25, 0.3) is 0 Å². The Balaban J connectivity index is 1.80. The molecule has 32 heavy (non-hydrogen) atoms. The van der Waals surface area contributed by atoms with Crippen molar-refractivity contribution in [2.75, 3.05) is 11.9 Å². The number of imidazole rings is 1. The average molecular weight is 450 g/mol. The Kier molecular flexibility index (Phi) is 6.44. The first-order valence-electron chi connectivity index (χ1n) is 10.7. The minimum Gasteiger partial charge on any atom is -0.394 e. The number of benzene rings is 2. The molecule has 0 spiro atoms. The molecule has 2 aromatic carbocycles. The second-order valence-corrected chi connectivity index (χ2v) is 9.32. The van der Waals surface area contributed by atoms with Crippen LogP contribution in [0.15, 0.2) is 60.7 Å². The largest absolute Gasteiger partial charge is 0.394 e. The molecule has 0 radical (unpaired) electrons. The molecule has 0 amide bonds. The van der Waals surface area contributed by atoms with E-state index in [-0.39, 0.29) is 23.3 Å². The summed E-state index contributed by atoms with van der Waals surface area (Å²) >= 11 is 6.27. The van der Waals surface area contributed by atoms with Crippen LogP contribution in [0.3, 0.4) is 0 Å². The normalized spacial score (nSPS) is 12.8. The van der Waals surface area contributed by atoms with Crippen molar-refractivity contribution in [3.8, 4) is 0 Å². The van der Waals surface area contributed by atoms with Crippen molar-refractivity contribution in [2.45, 2.75) is 45.2 Å². The van der Waals surface area contributed by atoms with E-state index in [0.717, 1.165) is 22.5 Å². The van der Waals surface area contributed by atoms with Gasteiger partial charge < -0.3 is 15.0 Å². The van der Waals surface area contributed by atoms with E-state index in [0.29, 0.717) is 24.4 Å². The Labute approximate surface area is 193 Å². The summed E-state index contributed by atoms with van der Waals surface area (Å²) in [4.78, 5) is 13.8. The summed E-state index contributed by atoms with van der Waals surface area (Å²) in [5.41, 5.74) is 3.41. The quantitative estimate of drug-likeness (QED) is 0.395. The SMILES string of the molecule is CC(C)(C)c1nc2nc(Cl)nc(N[C@@H](CO)Cc3ccccc3)c2n1Cc1ccccc1. The summed E-state index contributed by atoms with van der Waals surface area (Å²) in [7, 11) is 0. The van der Waals surface area contributed by atoms with Gasteiger partial charge >= 0.3 is 0 Å². The van der Waals surface area contributed by atoms with Crippen LogP contribution in [0.2, 0.25) is 5.28 Å². The molecule has 0 aliphatic rings. The first-order chi connectivity index (χ1) is 15.3. The highest BCUT2D eigenvalue weighted by atomic mass is 35.5. The molecular formula is C25H28ClN5O. The van der Waals surface area contributed by atoms with Gasteiger partial charge in [-0.1, -0.05) is 81.4 Å². The minimum atomic E-state index is -0.232. The van der Waals surface area contributed by atoms with E-state index in [9.17, 15) is 5.11 Å². The molecule has 0 saturated carbocycles. The summed E-state index contributed by atoms with van der Waals surface area (Å²) in [6.07, 6.45) is 0.652. The van der Waals surface area contributed by atoms with Gasteiger partial charge in [-0.3, -0.25) is 0 Å². The second kappa shape index (κ2) is 9.27. The van der Waals surface area contributed by atoms with Crippen LogP contribution in [0.25, 0.3) is 11.2 Å². The van der Waals surface area contributed by atoms with E-state index < -0.39 is 0 Å². The topological polar surface area (TPSA) is 75.9 Å². The Morgan fingerprint density at radius 3 is 2.16 bits per heavy atom. The van der Waals surface area contributed by atoms with Gasteiger partial charge in [0.15, 0.2) is 11.5 Å². The molecule has 0 fully saturated rings.